The molecule has 1 aliphatic heterocycles. The minimum Gasteiger partial charge on any atom is -0.480 e. The number of rotatable bonds is 3. The maximum absolute atomic E-state index is 12.0. The van der Waals surface area contributed by atoms with Gasteiger partial charge in [-0.2, -0.15) is 0 Å². The molecule has 1 saturated heterocycles. The number of piperidine rings is 1. The van der Waals surface area contributed by atoms with Gasteiger partial charge in [0.25, 0.3) is 0 Å². The SMILES string of the molecule is CCN(CC(=O)O)C(=O)N1CCC(C)CC1. The van der Waals surface area contributed by atoms with Crippen LogP contribution in [-0.4, -0.2) is 53.1 Å². The molecule has 0 atom stereocenters. The number of likely N-dealkylation sites (N-methyl/N-ethyl adjacent to an activating group) is 1. The lowest BCUT2D eigenvalue weighted by Gasteiger charge is -2.33. The van der Waals surface area contributed by atoms with E-state index in [1.165, 1.54) is 4.90 Å². The van der Waals surface area contributed by atoms with Gasteiger partial charge in [-0.25, -0.2) is 4.79 Å². The summed E-state index contributed by atoms with van der Waals surface area (Å²) in [5.74, 6) is -0.292. The molecular weight excluding hydrogens is 208 g/mol. The minimum absolute atomic E-state index is 0.142. The van der Waals surface area contributed by atoms with Crippen molar-refractivity contribution in [1.29, 1.82) is 0 Å². The van der Waals surface area contributed by atoms with Crippen molar-refractivity contribution in [2.75, 3.05) is 26.2 Å². The van der Waals surface area contributed by atoms with Gasteiger partial charge in [-0.15, -0.1) is 0 Å². The standard InChI is InChI=1S/C11H20N2O3/c1-3-12(8-10(14)15)11(16)13-6-4-9(2)5-7-13/h9H,3-8H2,1-2H3,(H,14,15). The summed E-state index contributed by atoms with van der Waals surface area (Å²) >= 11 is 0. The van der Waals surface area contributed by atoms with E-state index < -0.39 is 5.97 Å². The highest BCUT2D eigenvalue weighted by Crippen LogP contribution is 2.17. The van der Waals surface area contributed by atoms with Crippen molar-refractivity contribution in [2.45, 2.75) is 26.7 Å². The average molecular weight is 228 g/mol. The van der Waals surface area contributed by atoms with Crippen LogP contribution in [-0.2, 0) is 4.79 Å². The predicted octanol–water partition coefficient (Wildman–Crippen LogP) is 1.24. The maximum atomic E-state index is 12.0. The molecule has 0 aliphatic carbocycles. The van der Waals surface area contributed by atoms with Crippen molar-refractivity contribution in [2.24, 2.45) is 5.92 Å². The summed E-state index contributed by atoms with van der Waals surface area (Å²) in [6.07, 6.45) is 2.02. The van der Waals surface area contributed by atoms with E-state index in [1.54, 1.807) is 11.8 Å². The first kappa shape index (κ1) is 12.8. The molecule has 16 heavy (non-hydrogen) atoms. The first-order chi connectivity index (χ1) is 7.54. The Morgan fingerprint density at radius 1 is 1.38 bits per heavy atom. The lowest BCUT2D eigenvalue weighted by atomic mass is 10.00. The highest BCUT2D eigenvalue weighted by molar-refractivity contribution is 5.80. The summed E-state index contributed by atoms with van der Waals surface area (Å²) in [5, 5.41) is 8.69. The monoisotopic (exact) mass is 228 g/mol. The highest BCUT2D eigenvalue weighted by Gasteiger charge is 2.24. The van der Waals surface area contributed by atoms with Crippen molar-refractivity contribution in [3.8, 4) is 0 Å². The summed E-state index contributed by atoms with van der Waals surface area (Å²) in [5.41, 5.74) is 0. The zero-order chi connectivity index (χ0) is 12.1. The molecule has 0 saturated carbocycles. The fraction of sp³-hybridized carbons (Fsp3) is 0.818. The molecule has 5 nitrogen and oxygen atoms in total. The first-order valence-electron chi connectivity index (χ1n) is 5.80. The molecule has 0 unspecified atom stereocenters. The number of hydrogen-bond acceptors (Lipinski definition) is 2. The summed E-state index contributed by atoms with van der Waals surface area (Å²) in [6, 6.07) is -0.142. The zero-order valence-electron chi connectivity index (χ0n) is 9.98. The number of nitrogens with zero attached hydrogens (tertiary/aromatic N) is 2. The van der Waals surface area contributed by atoms with E-state index in [1.807, 2.05) is 0 Å². The van der Waals surface area contributed by atoms with Gasteiger partial charge in [0.1, 0.15) is 6.54 Å². The van der Waals surface area contributed by atoms with Crippen molar-refractivity contribution >= 4 is 12.0 Å². The number of carbonyl (C=O) groups is 2. The van der Waals surface area contributed by atoms with Crippen LogP contribution in [0.15, 0.2) is 0 Å². The smallest absolute Gasteiger partial charge is 0.323 e. The maximum Gasteiger partial charge on any atom is 0.323 e. The van der Waals surface area contributed by atoms with Gasteiger partial charge in [-0.3, -0.25) is 4.79 Å². The summed E-state index contributed by atoms with van der Waals surface area (Å²) in [7, 11) is 0. The summed E-state index contributed by atoms with van der Waals surface area (Å²) in [4.78, 5) is 25.7. The quantitative estimate of drug-likeness (QED) is 0.790. The Kier molecular flexibility index (Phi) is 4.58. The van der Waals surface area contributed by atoms with Gasteiger partial charge in [0.2, 0.25) is 0 Å². The van der Waals surface area contributed by atoms with Crippen LogP contribution < -0.4 is 0 Å². The van der Waals surface area contributed by atoms with E-state index in [0.717, 1.165) is 25.9 Å². The second kappa shape index (κ2) is 5.72. The van der Waals surface area contributed by atoms with E-state index in [0.29, 0.717) is 12.5 Å². The third-order valence-corrected chi connectivity index (χ3v) is 3.03. The molecule has 1 aliphatic rings. The number of amides is 2. The fourth-order valence-electron chi connectivity index (χ4n) is 1.88. The van der Waals surface area contributed by atoms with E-state index in [2.05, 4.69) is 6.92 Å². The molecule has 1 rings (SSSR count). The van der Waals surface area contributed by atoms with Crippen molar-refractivity contribution in [1.82, 2.24) is 9.80 Å². The second-order valence-corrected chi connectivity index (χ2v) is 4.36. The van der Waals surface area contributed by atoms with Gasteiger partial charge in [-0.05, 0) is 25.7 Å². The zero-order valence-corrected chi connectivity index (χ0v) is 9.98. The van der Waals surface area contributed by atoms with E-state index in [9.17, 15) is 9.59 Å². The minimum atomic E-state index is -0.958. The van der Waals surface area contributed by atoms with Crippen LogP contribution in [0.3, 0.4) is 0 Å². The largest absolute Gasteiger partial charge is 0.480 e. The number of hydrogen-bond donors (Lipinski definition) is 1. The van der Waals surface area contributed by atoms with Crippen LogP contribution >= 0.6 is 0 Å². The Balaban J connectivity index is 2.51. The Morgan fingerprint density at radius 3 is 2.38 bits per heavy atom. The van der Waals surface area contributed by atoms with Gasteiger partial charge in [0, 0.05) is 19.6 Å². The number of likely N-dealkylation sites (tertiary alicyclic amines) is 1. The number of carboxylic acids is 1. The van der Waals surface area contributed by atoms with E-state index in [4.69, 9.17) is 5.11 Å². The molecule has 0 spiro atoms. The first-order valence-corrected chi connectivity index (χ1v) is 5.80. The average Bonchev–Trinajstić information content (AvgIpc) is 2.25. The predicted molar refractivity (Wildman–Crippen MR) is 60.2 cm³/mol. The molecule has 0 radical (unpaired) electrons. The topological polar surface area (TPSA) is 60.9 Å². The molecule has 2 amide bonds. The normalized spacial score (nSPS) is 17.2. The molecular formula is C11H20N2O3. The van der Waals surface area contributed by atoms with E-state index in [-0.39, 0.29) is 12.6 Å². The molecule has 0 aromatic rings. The third kappa shape index (κ3) is 3.40. The molecule has 0 aromatic carbocycles. The van der Waals surface area contributed by atoms with Crippen LogP contribution in [0.4, 0.5) is 4.79 Å². The van der Waals surface area contributed by atoms with Gasteiger partial charge in [0.05, 0.1) is 0 Å². The number of aliphatic carboxylic acids is 1. The Labute approximate surface area is 96.0 Å². The number of carboxylic acid groups (broad SMARTS) is 1. The molecule has 0 aromatic heterocycles. The molecule has 0 bridgehead atoms. The Morgan fingerprint density at radius 2 is 1.94 bits per heavy atom. The fourth-order valence-corrected chi connectivity index (χ4v) is 1.88. The van der Waals surface area contributed by atoms with Crippen LogP contribution in [0.1, 0.15) is 26.7 Å². The van der Waals surface area contributed by atoms with Crippen molar-refractivity contribution in [3.63, 3.8) is 0 Å². The van der Waals surface area contributed by atoms with Gasteiger partial charge >= 0.3 is 12.0 Å². The van der Waals surface area contributed by atoms with Crippen molar-refractivity contribution in [3.05, 3.63) is 0 Å². The molecule has 1 fully saturated rings. The summed E-state index contributed by atoms with van der Waals surface area (Å²) in [6.45, 7) is 5.70. The summed E-state index contributed by atoms with van der Waals surface area (Å²) < 4.78 is 0. The Hall–Kier alpha value is -1.26. The van der Waals surface area contributed by atoms with Gasteiger partial charge in [-0.1, -0.05) is 6.92 Å². The van der Waals surface area contributed by atoms with Gasteiger partial charge in [0.15, 0.2) is 0 Å². The van der Waals surface area contributed by atoms with Crippen LogP contribution in [0.25, 0.3) is 0 Å². The third-order valence-electron chi connectivity index (χ3n) is 3.03. The highest BCUT2D eigenvalue weighted by atomic mass is 16.4. The lowest BCUT2D eigenvalue weighted by Crippen LogP contribution is -2.48. The lowest BCUT2D eigenvalue weighted by molar-refractivity contribution is -0.137. The number of carbonyl (C=O) groups excluding carboxylic acids is 1. The van der Waals surface area contributed by atoms with Crippen molar-refractivity contribution < 1.29 is 14.7 Å². The Bertz CT molecular complexity index is 260. The van der Waals surface area contributed by atoms with Crippen LogP contribution in [0, 0.1) is 5.92 Å². The van der Waals surface area contributed by atoms with Crippen LogP contribution in [0.5, 0.6) is 0 Å². The molecule has 1 heterocycles. The molecule has 92 valence electrons. The van der Waals surface area contributed by atoms with Gasteiger partial charge < -0.3 is 14.9 Å². The second-order valence-electron chi connectivity index (χ2n) is 4.36. The molecule has 5 heteroatoms. The van der Waals surface area contributed by atoms with E-state index >= 15 is 0 Å². The number of urea groups is 1. The molecule has 1 N–H and O–H groups in total. The van der Waals surface area contributed by atoms with Crippen LogP contribution in [0.2, 0.25) is 0 Å².